The molecule has 92 valence electrons. The van der Waals surface area contributed by atoms with Gasteiger partial charge in [-0.15, -0.1) is 0 Å². The van der Waals surface area contributed by atoms with Crippen LogP contribution in [-0.4, -0.2) is 11.5 Å². The molecule has 0 fully saturated rings. The molecule has 0 saturated heterocycles. The summed E-state index contributed by atoms with van der Waals surface area (Å²) < 4.78 is 0. The number of hydrogen-bond acceptors (Lipinski definition) is 1. The zero-order valence-electron chi connectivity index (χ0n) is 11.2. The third-order valence-corrected chi connectivity index (χ3v) is 3.62. The van der Waals surface area contributed by atoms with Crippen LogP contribution >= 0.6 is 0 Å². The van der Waals surface area contributed by atoms with Crippen LogP contribution in [0.2, 0.25) is 0 Å². The largest absolute Gasteiger partial charge is 0.361 e. The van der Waals surface area contributed by atoms with Gasteiger partial charge in [0.15, 0.2) is 0 Å². The summed E-state index contributed by atoms with van der Waals surface area (Å²) in [5.74, 6) is 1.00. The number of aromatic nitrogens is 1. The molecule has 2 rings (SSSR count). The number of benzene rings is 1. The quantitative estimate of drug-likeness (QED) is 0.832. The lowest BCUT2D eigenvalue weighted by molar-refractivity contribution is 0.509. The van der Waals surface area contributed by atoms with Gasteiger partial charge in [-0.1, -0.05) is 25.5 Å². The van der Waals surface area contributed by atoms with Gasteiger partial charge >= 0.3 is 0 Å². The maximum Gasteiger partial charge on any atom is 0.0486 e. The Hall–Kier alpha value is -1.28. The zero-order valence-corrected chi connectivity index (χ0v) is 11.2. The van der Waals surface area contributed by atoms with E-state index >= 15 is 0 Å². The van der Waals surface area contributed by atoms with Crippen LogP contribution in [0.5, 0.6) is 0 Å². The van der Waals surface area contributed by atoms with E-state index in [2.05, 4.69) is 51.0 Å². The van der Waals surface area contributed by atoms with Crippen LogP contribution in [0.3, 0.4) is 0 Å². The van der Waals surface area contributed by atoms with E-state index in [0.29, 0.717) is 18.4 Å². The average molecular weight is 230 g/mol. The van der Waals surface area contributed by atoms with E-state index in [1.165, 1.54) is 27.6 Å². The number of rotatable bonds is 3. The Kier molecular flexibility index (Phi) is 3.25. The van der Waals surface area contributed by atoms with Crippen LogP contribution in [0, 0.1) is 19.8 Å². The molecule has 1 heterocycles. The highest BCUT2D eigenvalue weighted by atomic mass is 14.7. The molecule has 1 aromatic carbocycles. The topological polar surface area (TPSA) is 41.8 Å². The highest BCUT2D eigenvalue weighted by molar-refractivity contribution is 5.87. The molecule has 2 heteroatoms. The fourth-order valence-electron chi connectivity index (χ4n) is 2.68. The van der Waals surface area contributed by atoms with Crippen LogP contribution in [-0.2, 0) is 0 Å². The first-order chi connectivity index (χ1) is 8.04. The Morgan fingerprint density at radius 3 is 2.53 bits per heavy atom. The monoisotopic (exact) mass is 230 g/mol. The van der Waals surface area contributed by atoms with Crippen molar-refractivity contribution in [3.8, 4) is 0 Å². The first-order valence-corrected chi connectivity index (χ1v) is 6.33. The summed E-state index contributed by atoms with van der Waals surface area (Å²) in [6.07, 6.45) is 2.13. The summed E-state index contributed by atoms with van der Waals surface area (Å²) in [5.41, 5.74) is 11.2. The second kappa shape index (κ2) is 4.53. The number of hydrogen-bond donors (Lipinski definition) is 2. The fraction of sp³-hybridized carbons (Fsp3) is 0.467. The molecular weight excluding hydrogens is 208 g/mol. The van der Waals surface area contributed by atoms with Gasteiger partial charge in [0.25, 0.3) is 0 Å². The van der Waals surface area contributed by atoms with Crippen molar-refractivity contribution in [1.82, 2.24) is 4.98 Å². The number of nitrogens with two attached hydrogens (primary N) is 1. The SMILES string of the molecule is Cc1cc(C)c2[nH]cc(C(CN)C(C)C)c2c1. The van der Waals surface area contributed by atoms with Gasteiger partial charge in [0.05, 0.1) is 0 Å². The molecule has 0 spiro atoms. The van der Waals surface area contributed by atoms with Crippen molar-refractivity contribution in [3.63, 3.8) is 0 Å². The summed E-state index contributed by atoms with van der Waals surface area (Å²) in [5, 5.41) is 1.34. The summed E-state index contributed by atoms with van der Waals surface area (Å²) in [6.45, 7) is 9.48. The van der Waals surface area contributed by atoms with Gasteiger partial charge < -0.3 is 10.7 Å². The van der Waals surface area contributed by atoms with Crippen LogP contribution in [0.15, 0.2) is 18.3 Å². The molecule has 0 aliphatic carbocycles. The Balaban J connectivity index is 2.63. The van der Waals surface area contributed by atoms with Crippen molar-refractivity contribution >= 4 is 10.9 Å². The first kappa shape index (κ1) is 12.2. The lowest BCUT2D eigenvalue weighted by Gasteiger charge is -2.18. The summed E-state index contributed by atoms with van der Waals surface area (Å²) in [7, 11) is 0. The van der Waals surface area contributed by atoms with Crippen molar-refractivity contribution < 1.29 is 0 Å². The molecule has 3 N–H and O–H groups in total. The van der Waals surface area contributed by atoms with Crippen molar-refractivity contribution in [3.05, 3.63) is 35.0 Å². The molecule has 1 aromatic heterocycles. The van der Waals surface area contributed by atoms with Gasteiger partial charge in [-0.3, -0.25) is 0 Å². The number of aromatic amines is 1. The van der Waals surface area contributed by atoms with Crippen molar-refractivity contribution in [1.29, 1.82) is 0 Å². The molecule has 0 amide bonds. The molecule has 1 atom stereocenters. The average Bonchev–Trinajstić information content (AvgIpc) is 2.63. The maximum absolute atomic E-state index is 5.92. The smallest absolute Gasteiger partial charge is 0.0486 e. The van der Waals surface area contributed by atoms with Crippen molar-refractivity contribution in [2.45, 2.75) is 33.6 Å². The standard InChI is InChI=1S/C15H22N2/c1-9(2)13(7-16)14-8-17-15-11(4)5-10(3)6-12(14)15/h5-6,8-9,13,17H,7,16H2,1-4H3. The van der Waals surface area contributed by atoms with Crippen LogP contribution < -0.4 is 5.73 Å². The van der Waals surface area contributed by atoms with E-state index in [1.807, 2.05) is 0 Å². The van der Waals surface area contributed by atoms with Gasteiger partial charge in [0, 0.05) is 23.0 Å². The second-order valence-corrected chi connectivity index (χ2v) is 5.33. The lowest BCUT2D eigenvalue weighted by atomic mass is 9.88. The lowest BCUT2D eigenvalue weighted by Crippen LogP contribution is -2.17. The second-order valence-electron chi connectivity index (χ2n) is 5.33. The molecule has 2 aromatic rings. The minimum Gasteiger partial charge on any atom is -0.361 e. The number of fused-ring (bicyclic) bond motifs is 1. The zero-order chi connectivity index (χ0) is 12.6. The summed E-state index contributed by atoms with van der Waals surface area (Å²) in [6, 6.07) is 4.48. The summed E-state index contributed by atoms with van der Waals surface area (Å²) in [4.78, 5) is 3.40. The molecule has 0 aliphatic heterocycles. The highest BCUT2D eigenvalue weighted by Gasteiger charge is 2.18. The molecule has 0 aliphatic rings. The van der Waals surface area contributed by atoms with Gasteiger partial charge in [-0.2, -0.15) is 0 Å². The third kappa shape index (κ3) is 2.09. The van der Waals surface area contributed by atoms with E-state index in [0.717, 1.165) is 0 Å². The Bertz CT molecular complexity index is 523. The summed E-state index contributed by atoms with van der Waals surface area (Å²) >= 11 is 0. The van der Waals surface area contributed by atoms with Crippen LogP contribution in [0.4, 0.5) is 0 Å². The minimum atomic E-state index is 0.435. The predicted octanol–water partition coefficient (Wildman–Crippen LogP) is 3.48. The van der Waals surface area contributed by atoms with Crippen molar-refractivity contribution in [2.24, 2.45) is 11.7 Å². The predicted molar refractivity (Wildman–Crippen MR) is 74.4 cm³/mol. The van der Waals surface area contributed by atoms with E-state index in [1.54, 1.807) is 0 Å². The molecule has 0 saturated carbocycles. The maximum atomic E-state index is 5.92. The van der Waals surface area contributed by atoms with E-state index in [-0.39, 0.29) is 0 Å². The van der Waals surface area contributed by atoms with Crippen molar-refractivity contribution in [2.75, 3.05) is 6.54 Å². The van der Waals surface area contributed by atoms with Gasteiger partial charge in [0.1, 0.15) is 0 Å². The Labute approximate surface area is 103 Å². The van der Waals surface area contributed by atoms with E-state index in [9.17, 15) is 0 Å². The third-order valence-electron chi connectivity index (χ3n) is 3.62. The van der Waals surface area contributed by atoms with Gasteiger partial charge in [-0.05, 0) is 43.5 Å². The minimum absolute atomic E-state index is 0.435. The van der Waals surface area contributed by atoms with Crippen LogP contribution in [0.1, 0.15) is 36.5 Å². The normalized spacial score (nSPS) is 13.5. The molecule has 1 unspecified atom stereocenters. The molecule has 2 nitrogen and oxygen atoms in total. The van der Waals surface area contributed by atoms with Gasteiger partial charge in [-0.25, -0.2) is 0 Å². The van der Waals surface area contributed by atoms with E-state index < -0.39 is 0 Å². The molecule has 0 radical (unpaired) electrons. The number of nitrogens with one attached hydrogen (secondary N) is 1. The first-order valence-electron chi connectivity index (χ1n) is 6.33. The number of aryl methyl sites for hydroxylation is 2. The molecule has 0 bridgehead atoms. The Morgan fingerprint density at radius 1 is 1.24 bits per heavy atom. The molecular formula is C15H22N2. The van der Waals surface area contributed by atoms with E-state index in [4.69, 9.17) is 5.73 Å². The Morgan fingerprint density at radius 2 is 1.94 bits per heavy atom. The van der Waals surface area contributed by atoms with Gasteiger partial charge in [0.2, 0.25) is 0 Å². The fourth-order valence-corrected chi connectivity index (χ4v) is 2.68. The number of H-pyrrole nitrogens is 1. The van der Waals surface area contributed by atoms with Crippen LogP contribution in [0.25, 0.3) is 10.9 Å². The highest BCUT2D eigenvalue weighted by Crippen LogP contribution is 2.32. The molecule has 17 heavy (non-hydrogen) atoms.